The number of benzene rings is 2. The molecule has 0 radical (unpaired) electrons. The number of nitrogens with zero attached hydrogens (tertiary/aromatic N) is 1. The molecule has 6 nitrogen and oxygen atoms in total. The molecule has 0 atom stereocenters. The van der Waals surface area contributed by atoms with Gasteiger partial charge in [-0.1, -0.05) is 24.6 Å². The van der Waals surface area contributed by atoms with Gasteiger partial charge in [0.05, 0.1) is 25.3 Å². The SMILES string of the molecule is CCCOc1c(Cl)cc(C(=O)N(C)Cc2ccc(OC)c(O)c2)cc1OCC. The van der Waals surface area contributed by atoms with E-state index in [0.29, 0.717) is 47.6 Å². The smallest absolute Gasteiger partial charge is 0.254 e. The number of halogens is 1. The monoisotopic (exact) mass is 407 g/mol. The zero-order chi connectivity index (χ0) is 20.7. The highest BCUT2D eigenvalue weighted by Gasteiger charge is 2.19. The number of phenols is 1. The van der Waals surface area contributed by atoms with Crippen LogP contribution in [-0.2, 0) is 6.54 Å². The minimum absolute atomic E-state index is 0.0277. The molecule has 2 aromatic carbocycles. The molecule has 1 N–H and O–H groups in total. The molecule has 0 heterocycles. The number of carbonyl (C=O) groups excluding carboxylic acids is 1. The van der Waals surface area contributed by atoms with Crippen LogP contribution in [0.25, 0.3) is 0 Å². The predicted octanol–water partition coefficient (Wildman–Crippen LogP) is 4.51. The van der Waals surface area contributed by atoms with Gasteiger partial charge in [-0.2, -0.15) is 0 Å². The van der Waals surface area contributed by atoms with Crippen molar-refractivity contribution in [3.05, 3.63) is 46.5 Å². The molecule has 0 aliphatic carbocycles. The number of methoxy groups -OCH3 is 1. The van der Waals surface area contributed by atoms with Crippen molar-refractivity contribution in [1.29, 1.82) is 0 Å². The number of ether oxygens (including phenoxy) is 3. The highest BCUT2D eigenvalue weighted by Crippen LogP contribution is 2.37. The van der Waals surface area contributed by atoms with E-state index < -0.39 is 0 Å². The van der Waals surface area contributed by atoms with Crippen molar-refractivity contribution in [2.45, 2.75) is 26.8 Å². The summed E-state index contributed by atoms with van der Waals surface area (Å²) < 4.78 is 16.3. The Bertz CT molecular complexity index is 825. The standard InChI is InChI=1S/C21H26ClNO5/c1-5-9-28-20-16(22)11-15(12-19(20)27-6-2)21(25)23(3)13-14-7-8-18(26-4)17(24)10-14/h7-8,10-12,24H,5-6,9,13H2,1-4H3. The average molecular weight is 408 g/mol. The number of hydrogen-bond acceptors (Lipinski definition) is 5. The molecule has 0 unspecified atom stereocenters. The fourth-order valence-electron chi connectivity index (χ4n) is 2.70. The van der Waals surface area contributed by atoms with E-state index in [1.807, 2.05) is 13.8 Å². The summed E-state index contributed by atoms with van der Waals surface area (Å²) in [5, 5.41) is 10.2. The van der Waals surface area contributed by atoms with Crippen LogP contribution in [0.5, 0.6) is 23.0 Å². The Morgan fingerprint density at radius 1 is 1.14 bits per heavy atom. The molecular weight excluding hydrogens is 382 g/mol. The third-order valence-electron chi connectivity index (χ3n) is 4.02. The van der Waals surface area contributed by atoms with E-state index in [4.69, 9.17) is 25.8 Å². The summed E-state index contributed by atoms with van der Waals surface area (Å²) in [5.74, 6) is 1.08. The lowest BCUT2D eigenvalue weighted by atomic mass is 10.1. The number of aromatic hydroxyl groups is 1. The fourth-order valence-corrected chi connectivity index (χ4v) is 2.96. The van der Waals surface area contributed by atoms with E-state index in [2.05, 4.69) is 0 Å². The molecule has 0 saturated heterocycles. The average Bonchev–Trinajstić information content (AvgIpc) is 2.67. The molecular formula is C21H26ClNO5. The molecule has 0 aromatic heterocycles. The van der Waals surface area contributed by atoms with Crippen LogP contribution in [0.2, 0.25) is 5.02 Å². The fraction of sp³-hybridized carbons (Fsp3) is 0.381. The molecule has 7 heteroatoms. The van der Waals surface area contributed by atoms with Gasteiger partial charge in [0, 0.05) is 19.2 Å². The molecule has 1 amide bonds. The first-order valence-electron chi connectivity index (χ1n) is 9.11. The van der Waals surface area contributed by atoms with E-state index in [1.165, 1.54) is 12.0 Å². The van der Waals surface area contributed by atoms with Crippen LogP contribution in [0.15, 0.2) is 30.3 Å². The second-order valence-corrected chi connectivity index (χ2v) is 6.64. The van der Waals surface area contributed by atoms with Crippen molar-refractivity contribution in [2.24, 2.45) is 0 Å². The van der Waals surface area contributed by atoms with Gasteiger partial charge >= 0.3 is 0 Å². The minimum atomic E-state index is -0.222. The zero-order valence-electron chi connectivity index (χ0n) is 16.6. The molecule has 0 fully saturated rings. The van der Waals surface area contributed by atoms with E-state index >= 15 is 0 Å². The quantitative estimate of drug-likeness (QED) is 0.662. The Morgan fingerprint density at radius 3 is 2.50 bits per heavy atom. The highest BCUT2D eigenvalue weighted by atomic mass is 35.5. The van der Waals surface area contributed by atoms with Crippen LogP contribution < -0.4 is 14.2 Å². The minimum Gasteiger partial charge on any atom is -0.504 e. The lowest BCUT2D eigenvalue weighted by Crippen LogP contribution is -2.26. The molecule has 0 bridgehead atoms. The lowest BCUT2D eigenvalue weighted by Gasteiger charge is -2.20. The first-order chi connectivity index (χ1) is 13.4. The number of hydrogen-bond donors (Lipinski definition) is 1. The summed E-state index contributed by atoms with van der Waals surface area (Å²) in [6, 6.07) is 8.25. The summed E-state index contributed by atoms with van der Waals surface area (Å²) >= 11 is 6.35. The first-order valence-corrected chi connectivity index (χ1v) is 9.49. The predicted molar refractivity (Wildman–Crippen MR) is 109 cm³/mol. The lowest BCUT2D eigenvalue weighted by molar-refractivity contribution is 0.0784. The Kier molecular flexibility index (Phi) is 7.81. The summed E-state index contributed by atoms with van der Waals surface area (Å²) in [6.45, 7) is 5.10. The van der Waals surface area contributed by atoms with Crippen LogP contribution in [0, 0.1) is 0 Å². The van der Waals surface area contributed by atoms with Gasteiger partial charge in [-0.3, -0.25) is 4.79 Å². The molecule has 2 rings (SSSR count). The van der Waals surface area contributed by atoms with Gasteiger partial charge in [-0.05, 0) is 43.2 Å². The molecule has 0 aliphatic rings. The van der Waals surface area contributed by atoms with Crippen molar-refractivity contribution < 1.29 is 24.1 Å². The molecule has 0 aliphatic heterocycles. The normalized spacial score (nSPS) is 10.5. The Morgan fingerprint density at radius 2 is 1.89 bits per heavy atom. The van der Waals surface area contributed by atoms with Crippen LogP contribution in [-0.4, -0.2) is 43.3 Å². The van der Waals surface area contributed by atoms with Gasteiger partial charge in [-0.15, -0.1) is 0 Å². The molecule has 0 saturated carbocycles. The summed E-state index contributed by atoms with van der Waals surface area (Å²) in [7, 11) is 3.16. The van der Waals surface area contributed by atoms with Crippen molar-refractivity contribution in [1.82, 2.24) is 4.90 Å². The van der Waals surface area contributed by atoms with Crippen LogP contribution >= 0.6 is 11.6 Å². The van der Waals surface area contributed by atoms with Crippen LogP contribution in [0.3, 0.4) is 0 Å². The zero-order valence-corrected chi connectivity index (χ0v) is 17.4. The van der Waals surface area contributed by atoms with Gasteiger partial charge in [0.1, 0.15) is 0 Å². The van der Waals surface area contributed by atoms with Crippen molar-refractivity contribution in [2.75, 3.05) is 27.4 Å². The topological polar surface area (TPSA) is 68.2 Å². The van der Waals surface area contributed by atoms with Gasteiger partial charge in [0.2, 0.25) is 0 Å². The molecule has 2 aromatic rings. The Labute approximate surface area is 170 Å². The maximum absolute atomic E-state index is 12.9. The van der Waals surface area contributed by atoms with Gasteiger partial charge in [0.15, 0.2) is 23.0 Å². The summed E-state index contributed by atoms with van der Waals surface area (Å²) in [5.41, 5.74) is 1.17. The van der Waals surface area contributed by atoms with Gasteiger partial charge < -0.3 is 24.2 Å². The third-order valence-corrected chi connectivity index (χ3v) is 4.30. The number of carbonyl (C=O) groups is 1. The maximum atomic E-state index is 12.9. The van der Waals surface area contributed by atoms with Gasteiger partial charge in [-0.25, -0.2) is 0 Å². The largest absolute Gasteiger partial charge is 0.504 e. The highest BCUT2D eigenvalue weighted by molar-refractivity contribution is 6.32. The van der Waals surface area contributed by atoms with E-state index in [9.17, 15) is 9.90 Å². The molecule has 152 valence electrons. The summed E-state index contributed by atoms with van der Waals surface area (Å²) in [4.78, 5) is 14.4. The van der Waals surface area contributed by atoms with E-state index in [0.717, 1.165) is 12.0 Å². The van der Waals surface area contributed by atoms with Crippen LogP contribution in [0.1, 0.15) is 36.2 Å². The van der Waals surface area contributed by atoms with Crippen LogP contribution in [0.4, 0.5) is 0 Å². The van der Waals surface area contributed by atoms with Crippen molar-refractivity contribution in [3.63, 3.8) is 0 Å². The first kappa shape index (κ1) is 21.7. The second kappa shape index (κ2) is 10.1. The van der Waals surface area contributed by atoms with E-state index in [-0.39, 0.29) is 11.7 Å². The molecule has 0 spiro atoms. The second-order valence-electron chi connectivity index (χ2n) is 6.23. The third kappa shape index (κ3) is 5.23. The number of amides is 1. The number of rotatable bonds is 9. The Balaban J connectivity index is 2.23. The van der Waals surface area contributed by atoms with Crippen molar-refractivity contribution >= 4 is 17.5 Å². The van der Waals surface area contributed by atoms with E-state index in [1.54, 1.807) is 37.4 Å². The molecule has 28 heavy (non-hydrogen) atoms. The Hall–Kier alpha value is -2.60. The number of phenolic OH excluding ortho intramolecular Hbond substituents is 1. The van der Waals surface area contributed by atoms with Crippen molar-refractivity contribution in [3.8, 4) is 23.0 Å². The maximum Gasteiger partial charge on any atom is 0.254 e. The summed E-state index contributed by atoms with van der Waals surface area (Å²) in [6.07, 6.45) is 0.833. The van der Waals surface area contributed by atoms with Gasteiger partial charge in [0.25, 0.3) is 5.91 Å².